The van der Waals surface area contributed by atoms with Gasteiger partial charge in [0.2, 0.25) is 0 Å². The van der Waals surface area contributed by atoms with Crippen molar-refractivity contribution in [3.8, 4) is 23.0 Å². The van der Waals surface area contributed by atoms with E-state index < -0.39 is 60.4 Å². The first kappa shape index (κ1) is 55.8. The fourth-order valence-corrected chi connectivity index (χ4v) is 9.78. The van der Waals surface area contributed by atoms with Crippen molar-refractivity contribution >= 4 is 32.0 Å². The number of cyclic esters (lactones) is 1. The van der Waals surface area contributed by atoms with Crippen molar-refractivity contribution in [1.29, 1.82) is 0 Å². The molecule has 0 saturated carbocycles. The van der Waals surface area contributed by atoms with Gasteiger partial charge in [-0.25, -0.2) is 26.3 Å². The second-order valence-corrected chi connectivity index (χ2v) is 20.9. The predicted octanol–water partition coefficient (Wildman–Crippen LogP) is 1.58. The maximum absolute atomic E-state index is 13.8. The summed E-state index contributed by atoms with van der Waals surface area (Å²) >= 11 is 0. The number of esters is 1. The van der Waals surface area contributed by atoms with Crippen LogP contribution in [0.2, 0.25) is 0 Å². The SMILES string of the molecule is COc1ccc(CN(Cc2ccc(OC)cc2)S(=O)(=O)c2cc(C(=O)[O-])n(C(C)(C)CO)n2)cc1.COc1ccc(CN(Cc2ccc(OC)cc2)S(=O)(=O)c2cc3n(n2)C(C)(C)COC3=O)cc1.[K+]. The maximum atomic E-state index is 13.8. The molecule has 0 aliphatic carbocycles. The number of aliphatic hydroxyl groups excluding tert-OH is 1. The number of aliphatic hydroxyl groups is 1. The number of benzene rings is 4. The largest absolute Gasteiger partial charge is 1.00 e. The summed E-state index contributed by atoms with van der Waals surface area (Å²) < 4.78 is 85.9. The Balaban J connectivity index is 0.000000257. The molecule has 7 rings (SSSR count). The van der Waals surface area contributed by atoms with Crippen LogP contribution in [0.1, 0.15) is 70.9 Å². The topological polar surface area (TPSA) is 234 Å². The molecule has 2 aromatic heterocycles. The molecule has 19 nitrogen and oxygen atoms in total. The maximum Gasteiger partial charge on any atom is 1.00 e. The number of aromatic carboxylic acids is 1. The van der Waals surface area contributed by atoms with Crippen molar-refractivity contribution in [3.63, 3.8) is 0 Å². The number of aromatic nitrogens is 4. The predicted molar refractivity (Wildman–Crippen MR) is 250 cm³/mol. The number of methoxy groups -OCH3 is 4. The van der Waals surface area contributed by atoms with Gasteiger partial charge < -0.3 is 38.7 Å². The Morgan fingerprint density at radius 1 is 0.671 bits per heavy atom. The summed E-state index contributed by atoms with van der Waals surface area (Å²) in [6, 6.07) is 30.5. The van der Waals surface area contributed by atoms with Crippen molar-refractivity contribution in [1.82, 2.24) is 28.2 Å². The molecular weight excluding hydrogens is 972 g/mol. The van der Waals surface area contributed by atoms with Crippen LogP contribution < -0.4 is 75.4 Å². The van der Waals surface area contributed by atoms with E-state index in [4.69, 9.17) is 23.7 Å². The summed E-state index contributed by atoms with van der Waals surface area (Å²) in [5.41, 5.74) is 0.785. The molecule has 0 unspecified atom stereocenters. The zero-order valence-electron chi connectivity index (χ0n) is 40.5. The Labute approximate surface area is 450 Å². The molecule has 0 radical (unpaired) electrons. The van der Waals surface area contributed by atoms with Crippen LogP contribution in [0.4, 0.5) is 0 Å². The van der Waals surface area contributed by atoms with Gasteiger partial charge in [-0.05, 0) is 98.5 Å². The number of hydrogen-bond donors (Lipinski definition) is 1. The molecule has 0 bridgehead atoms. The van der Waals surface area contributed by atoms with Crippen LogP contribution in [0.5, 0.6) is 23.0 Å². The van der Waals surface area contributed by atoms with Crippen molar-refractivity contribution < 1.29 is 112 Å². The van der Waals surface area contributed by atoms with Crippen LogP contribution in [-0.2, 0) is 62.0 Å². The molecule has 1 aliphatic heterocycles. The van der Waals surface area contributed by atoms with E-state index in [1.807, 2.05) is 38.1 Å². The number of nitrogens with zero attached hydrogens (tertiary/aromatic N) is 6. The summed E-state index contributed by atoms with van der Waals surface area (Å²) in [4.78, 5) is 24.0. The van der Waals surface area contributed by atoms with Gasteiger partial charge in [-0.1, -0.05) is 48.5 Å². The van der Waals surface area contributed by atoms with Crippen molar-refractivity contribution in [2.24, 2.45) is 0 Å². The van der Waals surface area contributed by atoms with Gasteiger partial charge >= 0.3 is 57.4 Å². The standard InChI is InChI=1S/C24H29N3O7S.C24H27N3O6S.K/c1-24(2,16-28)27-21(23(29)30)13-22(25-27)35(31,32)26(14-17-5-9-19(33-3)10-6-17)15-18-7-11-20(34-4)12-8-18;1-24(2)16-33-23(28)21-13-22(25-27(21)24)34(29,30)26(14-17-5-9-19(31-3)10-6-17)15-18-7-11-20(32-4)12-8-18;/h5-13,28H,14-16H2,1-4H3,(H,29,30);5-13H,14-16H2,1-4H3;/q;;+1/p-1. The summed E-state index contributed by atoms with van der Waals surface area (Å²) in [6.07, 6.45) is 0. The van der Waals surface area contributed by atoms with Crippen LogP contribution >= 0.6 is 0 Å². The minimum Gasteiger partial charge on any atom is -0.543 e. The molecule has 6 aromatic rings. The minimum absolute atomic E-state index is 0. The Morgan fingerprint density at radius 2 is 1.01 bits per heavy atom. The third-order valence-electron chi connectivity index (χ3n) is 11.2. The van der Waals surface area contributed by atoms with Crippen LogP contribution in [0, 0.1) is 0 Å². The Hall–Kier alpha value is -5.14. The number of carboxylic acids is 1. The third-order valence-corrected chi connectivity index (χ3v) is 14.5. The molecular formula is C48H55KN6O13S2. The molecule has 4 aromatic carbocycles. The summed E-state index contributed by atoms with van der Waals surface area (Å²) in [7, 11) is -2.12. The molecule has 0 atom stereocenters. The van der Waals surface area contributed by atoms with E-state index in [9.17, 15) is 36.6 Å². The molecule has 3 heterocycles. The number of ether oxygens (including phenoxy) is 5. The minimum atomic E-state index is -4.27. The van der Waals surface area contributed by atoms with Gasteiger partial charge in [-0.3, -0.25) is 4.68 Å². The van der Waals surface area contributed by atoms with E-state index in [0.717, 1.165) is 21.9 Å². The number of carbonyl (C=O) groups excluding carboxylic acids is 2. The van der Waals surface area contributed by atoms with E-state index in [-0.39, 0.29) is 94.9 Å². The first-order valence-corrected chi connectivity index (χ1v) is 24.3. The fraction of sp³-hybridized carbons (Fsp3) is 0.333. The van der Waals surface area contributed by atoms with E-state index >= 15 is 0 Å². The van der Waals surface area contributed by atoms with E-state index in [1.165, 1.54) is 47.4 Å². The molecule has 1 N–H and O–H groups in total. The fourth-order valence-electron chi connectivity index (χ4n) is 7.08. The molecule has 0 fully saturated rings. The zero-order valence-corrected chi connectivity index (χ0v) is 45.2. The number of sulfonamides is 2. The monoisotopic (exact) mass is 1030 g/mol. The van der Waals surface area contributed by atoms with Crippen LogP contribution in [0.25, 0.3) is 0 Å². The Morgan fingerprint density at radius 3 is 1.31 bits per heavy atom. The van der Waals surface area contributed by atoms with E-state index in [2.05, 4.69) is 10.2 Å². The van der Waals surface area contributed by atoms with Crippen LogP contribution in [0.3, 0.4) is 0 Å². The van der Waals surface area contributed by atoms with Crippen molar-refractivity contribution in [2.45, 2.75) is 75.0 Å². The molecule has 22 heteroatoms. The second-order valence-electron chi connectivity index (χ2n) is 17.1. The summed E-state index contributed by atoms with van der Waals surface area (Å²) in [5, 5.41) is 29.2. The molecule has 0 amide bonds. The summed E-state index contributed by atoms with van der Waals surface area (Å²) in [6.45, 7) is 6.59. The number of fused-ring (bicyclic) bond motifs is 1. The van der Waals surface area contributed by atoms with Gasteiger partial charge in [0.15, 0.2) is 10.1 Å². The molecule has 0 saturated heterocycles. The average Bonchev–Trinajstić information content (AvgIpc) is 4.03. The normalized spacial score (nSPS) is 13.3. The second kappa shape index (κ2) is 23.4. The number of carboxylic acid groups (broad SMARTS) is 1. The Kier molecular flexibility index (Phi) is 18.6. The quantitative estimate of drug-likeness (QED) is 0.0897. The summed E-state index contributed by atoms with van der Waals surface area (Å²) in [5.74, 6) is 0.415. The first-order chi connectivity index (χ1) is 32.6. The first-order valence-electron chi connectivity index (χ1n) is 21.4. The third kappa shape index (κ3) is 13.0. The Bertz CT molecular complexity index is 2860. The zero-order chi connectivity index (χ0) is 50.3. The van der Waals surface area contributed by atoms with Gasteiger partial charge in [0, 0.05) is 38.3 Å². The number of carbonyl (C=O) groups is 2. The van der Waals surface area contributed by atoms with E-state index in [1.54, 1.807) is 87.0 Å². The smallest absolute Gasteiger partial charge is 0.543 e. The van der Waals surface area contributed by atoms with Gasteiger partial charge in [0.05, 0.1) is 57.8 Å². The van der Waals surface area contributed by atoms with Gasteiger partial charge in [-0.2, -0.15) is 18.8 Å². The molecule has 1 aliphatic rings. The average molecular weight is 1030 g/mol. The van der Waals surface area contributed by atoms with Gasteiger partial charge in [0.1, 0.15) is 35.3 Å². The number of hydrogen-bond acceptors (Lipinski definition) is 15. The number of rotatable bonds is 19. The van der Waals surface area contributed by atoms with Gasteiger partial charge in [0.25, 0.3) is 20.0 Å². The van der Waals surface area contributed by atoms with Crippen molar-refractivity contribution in [2.75, 3.05) is 41.7 Å². The van der Waals surface area contributed by atoms with Crippen LogP contribution in [-0.4, -0.2) is 104 Å². The van der Waals surface area contributed by atoms with Gasteiger partial charge in [-0.15, -0.1) is 0 Å². The molecule has 70 heavy (non-hydrogen) atoms. The molecule has 368 valence electrons. The molecule has 0 spiro atoms. The van der Waals surface area contributed by atoms with Crippen molar-refractivity contribution in [3.05, 3.63) is 143 Å². The van der Waals surface area contributed by atoms with E-state index in [0.29, 0.717) is 34.1 Å². The van der Waals surface area contributed by atoms with Crippen LogP contribution in [0.15, 0.2) is 119 Å².